The van der Waals surface area contributed by atoms with Crippen LogP contribution in [-0.2, 0) is 9.59 Å². The quantitative estimate of drug-likeness (QED) is 0.427. The van der Waals surface area contributed by atoms with Gasteiger partial charge in [0.2, 0.25) is 0 Å². The highest BCUT2D eigenvalue weighted by atomic mass is 16.5. The van der Waals surface area contributed by atoms with Gasteiger partial charge in [0.25, 0.3) is 5.91 Å². The van der Waals surface area contributed by atoms with Crippen molar-refractivity contribution >= 4 is 11.9 Å². The van der Waals surface area contributed by atoms with Crippen molar-refractivity contribution < 1.29 is 29.3 Å². The van der Waals surface area contributed by atoms with Gasteiger partial charge in [-0.3, -0.25) is 9.59 Å². The van der Waals surface area contributed by atoms with E-state index in [1.165, 1.54) is 0 Å². The first-order valence-electron chi connectivity index (χ1n) is 9.74. The first-order valence-corrected chi connectivity index (χ1v) is 9.74. The van der Waals surface area contributed by atoms with Crippen molar-refractivity contribution in [2.45, 2.75) is 18.9 Å². The van der Waals surface area contributed by atoms with Gasteiger partial charge >= 0.3 is 5.97 Å². The highest BCUT2D eigenvalue weighted by molar-refractivity contribution is 5.81. The van der Waals surface area contributed by atoms with Crippen LogP contribution in [0, 0.1) is 0 Å². The van der Waals surface area contributed by atoms with Crippen molar-refractivity contribution in [3.63, 3.8) is 0 Å². The molecule has 3 aromatic carbocycles. The Kier molecular flexibility index (Phi) is 7.24. The number of amides is 1. The summed E-state index contributed by atoms with van der Waals surface area (Å²) in [6.07, 6.45) is -1.21. The van der Waals surface area contributed by atoms with Gasteiger partial charge in [0.1, 0.15) is 5.75 Å². The van der Waals surface area contributed by atoms with Crippen LogP contribution < -0.4 is 15.2 Å². The molecule has 0 radical (unpaired) electrons. The highest BCUT2D eigenvalue weighted by Gasteiger charge is 2.21. The molecule has 0 aliphatic rings. The normalized spacial score (nSPS) is 11.5. The molecule has 1 unspecified atom stereocenters. The topological polar surface area (TPSA) is 119 Å². The van der Waals surface area contributed by atoms with E-state index in [-0.39, 0.29) is 24.3 Å². The summed E-state index contributed by atoms with van der Waals surface area (Å²) >= 11 is 0. The Balaban J connectivity index is 1.98. The molecule has 0 bridgehead atoms. The molecule has 1 atom stereocenters. The van der Waals surface area contributed by atoms with E-state index in [0.717, 1.165) is 11.1 Å². The molecule has 3 aromatic rings. The fourth-order valence-corrected chi connectivity index (χ4v) is 3.06. The molecule has 4 N–H and O–H groups in total. The number of hydrogen-bond donors (Lipinski definition) is 3. The number of aliphatic hydroxyl groups excluding tert-OH is 1. The number of rotatable bonds is 10. The molecule has 0 heterocycles. The summed E-state index contributed by atoms with van der Waals surface area (Å²) in [6.45, 7) is 0.179. The van der Waals surface area contributed by atoms with Gasteiger partial charge in [-0.05, 0) is 24.1 Å². The van der Waals surface area contributed by atoms with Crippen molar-refractivity contribution in [1.29, 1.82) is 0 Å². The highest BCUT2D eigenvalue weighted by Crippen LogP contribution is 2.41. The van der Waals surface area contributed by atoms with E-state index >= 15 is 0 Å². The molecule has 7 nitrogen and oxygen atoms in total. The van der Waals surface area contributed by atoms with Crippen LogP contribution in [0.15, 0.2) is 72.8 Å². The molecule has 0 saturated carbocycles. The van der Waals surface area contributed by atoms with Crippen molar-refractivity contribution in [3.05, 3.63) is 78.4 Å². The lowest BCUT2D eigenvalue weighted by Crippen LogP contribution is -2.21. The Morgan fingerprint density at radius 2 is 1.58 bits per heavy atom. The summed E-state index contributed by atoms with van der Waals surface area (Å²) in [5.74, 6) is -0.734. The van der Waals surface area contributed by atoms with Crippen LogP contribution >= 0.6 is 0 Å². The molecule has 160 valence electrons. The largest absolute Gasteiger partial charge is 0.489 e. The summed E-state index contributed by atoms with van der Waals surface area (Å²) in [7, 11) is 0. The number of carbonyl (C=O) groups excluding carboxylic acids is 1. The van der Waals surface area contributed by atoms with Gasteiger partial charge in [0.15, 0.2) is 17.6 Å². The van der Waals surface area contributed by atoms with Gasteiger partial charge in [0, 0.05) is 17.5 Å². The van der Waals surface area contributed by atoms with E-state index in [4.69, 9.17) is 20.3 Å². The number of hydrogen-bond acceptors (Lipinski definition) is 5. The van der Waals surface area contributed by atoms with Crippen LogP contribution in [0.3, 0.4) is 0 Å². The number of primary amides is 1. The SMILES string of the molecule is NC(=O)C(O)c1ccccc1Oc1cccc(-c2ccccc2)c1OCCCC(=O)O. The van der Waals surface area contributed by atoms with Gasteiger partial charge in [-0.1, -0.05) is 60.7 Å². The monoisotopic (exact) mass is 421 g/mol. The number of para-hydroxylation sites is 2. The lowest BCUT2D eigenvalue weighted by molar-refractivity contribution is -0.137. The minimum Gasteiger partial charge on any atom is -0.489 e. The van der Waals surface area contributed by atoms with Crippen molar-refractivity contribution in [2.24, 2.45) is 5.73 Å². The van der Waals surface area contributed by atoms with E-state index < -0.39 is 18.0 Å². The number of aliphatic carboxylic acids is 1. The van der Waals surface area contributed by atoms with E-state index in [9.17, 15) is 14.7 Å². The Morgan fingerprint density at radius 3 is 2.29 bits per heavy atom. The van der Waals surface area contributed by atoms with E-state index in [2.05, 4.69) is 0 Å². The van der Waals surface area contributed by atoms with Crippen molar-refractivity contribution in [3.8, 4) is 28.4 Å². The summed E-state index contributed by atoms with van der Waals surface area (Å²) < 4.78 is 12.0. The Hall–Kier alpha value is -3.84. The van der Waals surface area contributed by atoms with Crippen molar-refractivity contribution in [2.75, 3.05) is 6.61 Å². The minimum atomic E-state index is -1.52. The maximum Gasteiger partial charge on any atom is 0.303 e. The van der Waals surface area contributed by atoms with Gasteiger partial charge in [0.05, 0.1) is 6.61 Å². The number of ether oxygens (including phenoxy) is 2. The lowest BCUT2D eigenvalue weighted by Gasteiger charge is -2.18. The van der Waals surface area contributed by atoms with Crippen LogP contribution in [0.2, 0.25) is 0 Å². The minimum absolute atomic E-state index is 0.0165. The summed E-state index contributed by atoms with van der Waals surface area (Å²) in [5.41, 5.74) is 7.14. The molecule has 1 amide bonds. The molecular weight excluding hydrogens is 398 g/mol. The van der Waals surface area contributed by atoms with Crippen molar-refractivity contribution in [1.82, 2.24) is 0 Å². The third kappa shape index (κ3) is 5.61. The van der Waals surface area contributed by atoms with Gasteiger partial charge < -0.3 is 25.4 Å². The predicted molar refractivity (Wildman–Crippen MR) is 115 cm³/mol. The summed E-state index contributed by atoms with van der Waals surface area (Å²) in [6, 6.07) is 21.5. The number of aliphatic hydroxyl groups is 1. The molecular formula is C24H23NO6. The summed E-state index contributed by atoms with van der Waals surface area (Å²) in [4.78, 5) is 22.3. The first kappa shape index (κ1) is 21.9. The third-order valence-corrected chi connectivity index (χ3v) is 4.55. The Morgan fingerprint density at radius 1 is 0.903 bits per heavy atom. The van der Waals surface area contributed by atoms with Crippen LogP contribution in [0.1, 0.15) is 24.5 Å². The molecule has 3 rings (SSSR count). The average Bonchev–Trinajstić information content (AvgIpc) is 2.77. The van der Waals surface area contributed by atoms with E-state index in [1.807, 2.05) is 36.4 Å². The zero-order chi connectivity index (χ0) is 22.2. The van der Waals surface area contributed by atoms with Crippen LogP contribution in [0.5, 0.6) is 17.2 Å². The molecule has 0 aromatic heterocycles. The third-order valence-electron chi connectivity index (χ3n) is 4.55. The second-order valence-electron chi connectivity index (χ2n) is 6.79. The second kappa shape index (κ2) is 10.3. The smallest absolute Gasteiger partial charge is 0.303 e. The zero-order valence-corrected chi connectivity index (χ0v) is 16.7. The standard InChI is InChI=1S/C24H23NO6/c25-24(29)22(28)18-10-4-5-12-19(18)31-20-13-6-11-17(16-8-2-1-3-9-16)23(20)30-15-7-14-21(26)27/h1-6,8-13,22,28H,7,14-15H2,(H2,25,29)(H,26,27). The zero-order valence-electron chi connectivity index (χ0n) is 16.7. The summed E-state index contributed by atoms with van der Waals surface area (Å²) in [5, 5.41) is 19.0. The lowest BCUT2D eigenvalue weighted by atomic mass is 10.0. The fourth-order valence-electron chi connectivity index (χ4n) is 3.06. The van der Waals surface area contributed by atoms with E-state index in [0.29, 0.717) is 17.9 Å². The fraction of sp³-hybridized carbons (Fsp3) is 0.167. The number of benzene rings is 3. The molecule has 0 fully saturated rings. The van der Waals surface area contributed by atoms with Crippen LogP contribution in [0.4, 0.5) is 0 Å². The van der Waals surface area contributed by atoms with Gasteiger partial charge in [-0.25, -0.2) is 0 Å². The molecule has 0 aliphatic carbocycles. The second-order valence-corrected chi connectivity index (χ2v) is 6.79. The van der Waals surface area contributed by atoms with Crippen LogP contribution in [-0.4, -0.2) is 28.7 Å². The molecule has 31 heavy (non-hydrogen) atoms. The number of nitrogens with two attached hydrogens (primary N) is 1. The maximum atomic E-state index is 11.5. The molecule has 0 aliphatic heterocycles. The van der Waals surface area contributed by atoms with Gasteiger partial charge in [-0.2, -0.15) is 0 Å². The van der Waals surface area contributed by atoms with E-state index in [1.54, 1.807) is 36.4 Å². The average molecular weight is 421 g/mol. The molecule has 0 spiro atoms. The molecule has 7 heteroatoms. The first-order chi connectivity index (χ1) is 15.0. The molecule has 0 saturated heterocycles. The maximum absolute atomic E-state index is 11.5. The number of carboxylic acid groups (broad SMARTS) is 1. The Labute approximate surface area is 179 Å². The number of carboxylic acids is 1. The van der Waals surface area contributed by atoms with Gasteiger partial charge in [-0.15, -0.1) is 0 Å². The predicted octanol–water partition coefficient (Wildman–Crippen LogP) is 3.91. The Bertz CT molecular complexity index is 1050. The number of carbonyl (C=O) groups is 2. The van der Waals surface area contributed by atoms with Crippen LogP contribution in [0.25, 0.3) is 11.1 Å².